The van der Waals surface area contributed by atoms with Gasteiger partial charge >= 0.3 is 0 Å². The fourth-order valence-electron chi connectivity index (χ4n) is 2.45. The van der Waals surface area contributed by atoms with Crippen molar-refractivity contribution in [3.63, 3.8) is 0 Å². The molecule has 0 saturated heterocycles. The lowest BCUT2D eigenvalue weighted by molar-refractivity contribution is -0.0934. The lowest BCUT2D eigenvalue weighted by atomic mass is 9.63. The Hall–Kier alpha value is -0.820. The lowest BCUT2D eigenvalue weighted by Gasteiger charge is -2.46. The summed E-state index contributed by atoms with van der Waals surface area (Å²) in [7, 11) is 0. The first kappa shape index (κ1) is 10.7. The van der Waals surface area contributed by atoms with Crippen molar-refractivity contribution < 1.29 is 5.11 Å². The molecule has 0 unspecified atom stereocenters. The molecule has 0 radical (unpaired) electrons. The number of aliphatic hydroxyl groups is 1. The van der Waals surface area contributed by atoms with Crippen LogP contribution < -0.4 is 0 Å². The maximum Gasteiger partial charge on any atom is 0.0902 e. The molecule has 1 fully saturated rings. The smallest absolute Gasteiger partial charge is 0.0902 e. The van der Waals surface area contributed by atoms with Crippen LogP contribution in [0.1, 0.15) is 37.8 Å². The average molecular weight is 204 g/mol. The van der Waals surface area contributed by atoms with Crippen molar-refractivity contribution in [1.82, 2.24) is 0 Å². The quantitative estimate of drug-likeness (QED) is 0.784. The first-order valence-electron chi connectivity index (χ1n) is 5.81. The maximum absolute atomic E-state index is 10.4. The second-order valence-electron chi connectivity index (χ2n) is 5.31. The SMILES string of the molecule is Cc1cccc(C2(O)CC(C(C)C)C2)c1. The monoisotopic (exact) mass is 204 g/mol. The molecule has 0 heterocycles. The zero-order chi connectivity index (χ0) is 11.1. The van der Waals surface area contributed by atoms with Crippen LogP contribution in [-0.4, -0.2) is 5.11 Å². The summed E-state index contributed by atoms with van der Waals surface area (Å²) in [6.45, 7) is 6.55. The molecular weight excluding hydrogens is 184 g/mol. The summed E-state index contributed by atoms with van der Waals surface area (Å²) in [5.41, 5.74) is 1.79. The number of aryl methyl sites for hydroxylation is 1. The highest BCUT2D eigenvalue weighted by Gasteiger charge is 2.44. The molecule has 1 aliphatic rings. The van der Waals surface area contributed by atoms with E-state index in [1.807, 2.05) is 12.1 Å². The summed E-state index contributed by atoms with van der Waals surface area (Å²) in [6, 6.07) is 8.26. The third-order valence-corrected chi connectivity index (χ3v) is 3.70. The van der Waals surface area contributed by atoms with Gasteiger partial charge in [0.15, 0.2) is 0 Å². The molecule has 0 amide bonds. The van der Waals surface area contributed by atoms with Crippen LogP contribution in [0.2, 0.25) is 0 Å². The van der Waals surface area contributed by atoms with E-state index in [-0.39, 0.29) is 0 Å². The summed E-state index contributed by atoms with van der Waals surface area (Å²) in [6.07, 6.45) is 1.85. The topological polar surface area (TPSA) is 20.2 Å². The van der Waals surface area contributed by atoms with Gasteiger partial charge in [0, 0.05) is 0 Å². The van der Waals surface area contributed by atoms with Gasteiger partial charge in [0.1, 0.15) is 0 Å². The number of hydrogen-bond acceptors (Lipinski definition) is 1. The van der Waals surface area contributed by atoms with Crippen molar-refractivity contribution in [2.24, 2.45) is 11.8 Å². The Kier molecular flexibility index (Phi) is 2.59. The first-order chi connectivity index (χ1) is 7.01. The van der Waals surface area contributed by atoms with Crippen LogP contribution in [0.5, 0.6) is 0 Å². The van der Waals surface area contributed by atoms with Crippen LogP contribution in [0.15, 0.2) is 24.3 Å². The summed E-state index contributed by atoms with van der Waals surface area (Å²) in [5.74, 6) is 1.38. The van der Waals surface area contributed by atoms with E-state index < -0.39 is 5.60 Å². The minimum absolute atomic E-state index is 0.541. The van der Waals surface area contributed by atoms with Crippen molar-refractivity contribution >= 4 is 0 Å². The van der Waals surface area contributed by atoms with Crippen LogP contribution in [0.25, 0.3) is 0 Å². The Bertz CT molecular complexity index is 348. The predicted molar refractivity (Wildman–Crippen MR) is 62.6 cm³/mol. The lowest BCUT2D eigenvalue weighted by Crippen LogP contribution is -2.43. The van der Waals surface area contributed by atoms with Gasteiger partial charge in [-0.15, -0.1) is 0 Å². The van der Waals surface area contributed by atoms with Crippen LogP contribution in [-0.2, 0) is 5.60 Å². The van der Waals surface area contributed by atoms with Gasteiger partial charge in [-0.2, -0.15) is 0 Å². The first-order valence-corrected chi connectivity index (χ1v) is 5.81. The normalized spacial score (nSPS) is 30.3. The standard InChI is InChI=1S/C14H20O/c1-10(2)12-8-14(15,9-12)13-6-4-5-11(3)7-13/h4-7,10,12,15H,8-9H2,1-3H3. The second-order valence-corrected chi connectivity index (χ2v) is 5.31. The third-order valence-electron chi connectivity index (χ3n) is 3.70. The van der Waals surface area contributed by atoms with Gasteiger partial charge in [0.25, 0.3) is 0 Å². The fraction of sp³-hybridized carbons (Fsp3) is 0.571. The van der Waals surface area contributed by atoms with Crippen LogP contribution >= 0.6 is 0 Å². The predicted octanol–water partition coefficient (Wildman–Crippen LogP) is 3.25. The van der Waals surface area contributed by atoms with E-state index in [2.05, 4.69) is 32.9 Å². The Balaban J connectivity index is 2.13. The minimum atomic E-state index is -0.541. The molecule has 0 spiro atoms. The third kappa shape index (κ3) is 1.93. The highest BCUT2D eigenvalue weighted by Crippen LogP contribution is 2.48. The van der Waals surface area contributed by atoms with Gasteiger partial charge in [0.05, 0.1) is 5.60 Å². The number of benzene rings is 1. The van der Waals surface area contributed by atoms with Crippen LogP contribution in [0, 0.1) is 18.8 Å². The molecule has 1 aromatic rings. The molecule has 0 aliphatic heterocycles. The van der Waals surface area contributed by atoms with Crippen LogP contribution in [0.3, 0.4) is 0 Å². The number of hydrogen-bond donors (Lipinski definition) is 1. The van der Waals surface area contributed by atoms with E-state index in [9.17, 15) is 5.11 Å². The Labute approximate surface area is 92.1 Å². The van der Waals surface area contributed by atoms with Gasteiger partial charge in [-0.05, 0) is 37.2 Å². The minimum Gasteiger partial charge on any atom is -0.385 e. The molecule has 82 valence electrons. The summed E-state index contributed by atoms with van der Waals surface area (Å²) in [5, 5.41) is 10.4. The van der Waals surface area contributed by atoms with Gasteiger partial charge in [-0.3, -0.25) is 0 Å². The van der Waals surface area contributed by atoms with E-state index in [1.165, 1.54) is 5.56 Å². The Morgan fingerprint density at radius 1 is 1.33 bits per heavy atom. The molecule has 0 atom stereocenters. The van der Waals surface area contributed by atoms with Gasteiger partial charge in [0.2, 0.25) is 0 Å². The van der Waals surface area contributed by atoms with Gasteiger partial charge < -0.3 is 5.11 Å². The molecule has 1 aliphatic carbocycles. The Morgan fingerprint density at radius 3 is 2.53 bits per heavy atom. The zero-order valence-corrected chi connectivity index (χ0v) is 9.83. The van der Waals surface area contributed by atoms with Gasteiger partial charge in [-0.1, -0.05) is 43.7 Å². The molecule has 0 bridgehead atoms. The molecule has 15 heavy (non-hydrogen) atoms. The highest BCUT2D eigenvalue weighted by atomic mass is 16.3. The Morgan fingerprint density at radius 2 is 2.00 bits per heavy atom. The van der Waals surface area contributed by atoms with E-state index in [0.717, 1.165) is 18.4 Å². The second kappa shape index (κ2) is 3.64. The highest BCUT2D eigenvalue weighted by molar-refractivity contribution is 5.29. The maximum atomic E-state index is 10.4. The molecule has 2 rings (SSSR count). The summed E-state index contributed by atoms with van der Waals surface area (Å²) >= 11 is 0. The summed E-state index contributed by atoms with van der Waals surface area (Å²) < 4.78 is 0. The molecule has 1 N–H and O–H groups in total. The van der Waals surface area contributed by atoms with Crippen LogP contribution in [0.4, 0.5) is 0 Å². The molecular formula is C14H20O. The number of rotatable bonds is 2. The average Bonchev–Trinajstić information content (AvgIpc) is 2.12. The zero-order valence-electron chi connectivity index (χ0n) is 9.83. The van der Waals surface area contributed by atoms with E-state index in [1.54, 1.807) is 0 Å². The van der Waals surface area contributed by atoms with Crippen molar-refractivity contribution in [2.45, 2.75) is 39.2 Å². The fourth-order valence-corrected chi connectivity index (χ4v) is 2.45. The molecule has 1 aromatic carbocycles. The van der Waals surface area contributed by atoms with E-state index in [4.69, 9.17) is 0 Å². The molecule has 0 aromatic heterocycles. The van der Waals surface area contributed by atoms with Crippen molar-refractivity contribution in [2.75, 3.05) is 0 Å². The molecule has 1 heteroatoms. The van der Waals surface area contributed by atoms with E-state index >= 15 is 0 Å². The van der Waals surface area contributed by atoms with Crippen molar-refractivity contribution in [3.05, 3.63) is 35.4 Å². The largest absolute Gasteiger partial charge is 0.385 e. The van der Waals surface area contributed by atoms with Crippen molar-refractivity contribution in [3.8, 4) is 0 Å². The van der Waals surface area contributed by atoms with E-state index in [0.29, 0.717) is 11.8 Å². The van der Waals surface area contributed by atoms with Crippen molar-refractivity contribution in [1.29, 1.82) is 0 Å². The molecule has 1 saturated carbocycles. The molecule has 1 nitrogen and oxygen atoms in total. The summed E-state index contributed by atoms with van der Waals surface area (Å²) in [4.78, 5) is 0. The van der Waals surface area contributed by atoms with Gasteiger partial charge in [-0.25, -0.2) is 0 Å².